The van der Waals surface area contributed by atoms with Gasteiger partial charge in [0.2, 0.25) is 0 Å². The van der Waals surface area contributed by atoms with E-state index in [0.717, 1.165) is 17.1 Å². The second kappa shape index (κ2) is 8.82. The van der Waals surface area contributed by atoms with E-state index in [9.17, 15) is 0 Å². The molecule has 0 N–H and O–H groups in total. The molecule has 1 fully saturated rings. The van der Waals surface area contributed by atoms with Gasteiger partial charge in [0.1, 0.15) is 11.5 Å². The minimum atomic E-state index is -0.153. The number of rotatable bonds is 1. The highest BCUT2D eigenvalue weighted by Crippen LogP contribution is 2.50. The number of nitrogens with zero attached hydrogens (tertiary/aromatic N) is 4. The molecule has 2 aromatic rings. The first kappa shape index (κ1) is 23.5. The summed E-state index contributed by atoms with van der Waals surface area (Å²) < 4.78 is 16.4. The molecule has 2 aromatic carbocycles. The Morgan fingerprint density at radius 2 is 1.18 bits per heavy atom. The van der Waals surface area contributed by atoms with Crippen molar-refractivity contribution in [3.8, 4) is 11.5 Å². The lowest BCUT2D eigenvalue weighted by atomic mass is 9.41. The lowest BCUT2D eigenvalue weighted by Crippen LogP contribution is -2.73. The molecule has 5 nitrogen and oxygen atoms in total. The number of fused-ring (bicyclic) bond motifs is 10. The van der Waals surface area contributed by atoms with Crippen LogP contribution in [0.1, 0.15) is 30.5 Å². The SMILES string of the molecule is CC1(C)c2ccccc2Oc2c(C3=CB4N5C=CC=CB5N5C=CC=CB5N5C=CC=CB5N4C=C3)cccc21. The molecule has 6 aliphatic heterocycles. The van der Waals surface area contributed by atoms with Crippen LogP contribution in [0, 0.1) is 0 Å². The van der Waals surface area contributed by atoms with Crippen molar-refractivity contribution in [3.63, 3.8) is 0 Å². The molecule has 6 heterocycles. The predicted molar refractivity (Wildman–Crippen MR) is 167 cm³/mol. The second-order valence-electron chi connectivity index (χ2n) is 11.5. The lowest BCUT2D eigenvalue weighted by molar-refractivity contribution is 0.417. The first-order valence-electron chi connectivity index (χ1n) is 14.1. The van der Waals surface area contributed by atoms with Gasteiger partial charge >= 0.3 is 27.9 Å². The first-order chi connectivity index (χ1) is 19.6. The van der Waals surface area contributed by atoms with Gasteiger partial charge in [-0.2, -0.15) is 0 Å². The van der Waals surface area contributed by atoms with Crippen molar-refractivity contribution in [2.24, 2.45) is 0 Å². The molecule has 190 valence electrons. The van der Waals surface area contributed by atoms with E-state index in [4.69, 9.17) is 4.74 Å². The van der Waals surface area contributed by atoms with Crippen LogP contribution in [0.15, 0.2) is 134 Å². The molecule has 0 bridgehead atoms. The molecule has 6 aliphatic rings. The fraction of sp³-hybridized carbons (Fsp3) is 0.0968. The number of allylic oxidation sites excluding steroid dienone is 8. The second-order valence-corrected chi connectivity index (χ2v) is 11.5. The normalized spacial score (nSPS) is 20.7. The molecule has 8 rings (SSSR count). The van der Waals surface area contributed by atoms with Crippen LogP contribution >= 0.6 is 0 Å². The molecule has 0 unspecified atom stereocenters. The van der Waals surface area contributed by atoms with Crippen molar-refractivity contribution >= 4 is 33.5 Å². The Morgan fingerprint density at radius 1 is 0.600 bits per heavy atom. The Hall–Kier alpha value is -4.38. The van der Waals surface area contributed by atoms with Crippen molar-refractivity contribution in [2.45, 2.75) is 19.3 Å². The van der Waals surface area contributed by atoms with E-state index in [1.54, 1.807) is 0 Å². The molecule has 0 atom stereocenters. The number of benzene rings is 2. The maximum atomic E-state index is 6.66. The molecular weight excluding hydrogens is 488 g/mol. The Morgan fingerprint density at radius 3 is 1.85 bits per heavy atom. The summed E-state index contributed by atoms with van der Waals surface area (Å²) in [5.74, 6) is 11.2. The van der Waals surface area contributed by atoms with Gasteiger partial charge in [-0.3, -0.25) is 0 Å². The molecule has 0 radical (unpaired) electrons. The quantitative estimate of drug-likeness (QED) is 0.459. The Kier molecular flexibility index (Phi) is 5.18. The number of para-hydroxylation sites is 2. The van der Waals surface area contributed by atoms with E-state index in [1.807, 2.05) is 0 Å². The molecule has 40 heavy (non-hydrogen) atoms. The highest BCUT2D eigenvalue weighted by atomic mass is 16.5. The standard InChI is InChI=1S/C31H28B4N4O/c1-31(2)27-13-3-4-15-29(27)40-30-26(12-11-14-28(30)31)25-16-23-39-34-19-6-9-21-37(34)32-17-5-8-20-36(32)33-18-7-10-22-38(33)35(39)24-25/h3-24H,1-2H3. The van der Waals surface area contributed by atoms with Crippen LogP contribution in [-0.2, 0) is 5.41 Å². The van der Waals surface area contributed by atoms with E-state index in [-0.39, 0.29) is 33.3 Å². The zero-order chi connectivity index (χ0) is 26.8. The third-order valence-corrected chi connectivity index (χ3v) is 8.93. The van der Waals surface area contributed by atoms with Gasteiger partial charge in [-0.1, -0.05) is 92.4 Å². The van der Waals surface area contributed by atoms with Gasteiger partial charge in [0.15, 0.2) is 0 Å². The van der Waals surface area contributed by atoms with Gasteiger partial charge in [-0.05, 0) is 60.7 Å². The molecule has 9 heteroatoms. The zero-order valence-corrected chi connectivity index (χ0v) is 22.7. The van der Waals surface area contributed by atoms with Gasteiger partial charge in [0.25, 0.3) is 0 Å². The van der Waals surface area contributed by atoms with Gasteiger partial charge in [-0.25, -0.2) is 0 Å². The van der Waals surface area contributed by atoms with E-state index in [1.165, 1.54) is 16.7 Å². The van der Waals surface area contributed by atoms with Crippen molar-refractivity contribution in [1.29, 1.82) is 0 Å². The largest absolute Gasteiger partial charge is 0.456 e. The summed E-state index contributed by atoms with van der Waals surface area (Å²) in [4.78, 5) is 0. The average molecular weight is 516 g/mol. The molecule has 0 aliphatic carbocycles. The number of hydrogen-bond donors (Lipinski definition) is 0. The molecule has 0 saturated carbocycles. The molecule has 0 spiro atoms. The topological polar surface area (TPSA) is 22.2 Å². The van der Waals surface area contributed by atoms with E-state index in [0.29, 0.717) is 0 Å². The fourth-order valence-electron chi connectivity index (χ4n) is 6.91. The van der Waals surface area contributed by atoms with E-state index >= 15 is 0 Å². The molecular formula is C31H28B4N4O. The average Bonchev–Trinajstić information content (AvgIpc) is 3.00. The van der Waals surface area contributed by atoms with Crippen LogP contribution in [-0.4, -0.2) is 46.8 Å². The van der Waals surface area contributed by atoms with Crippen LogP contribution < -0.4 is 4.74 Å². The lowest BCUT2D eigenvalue weighted by Gasteiger charge is -2.53. The van der Waals surface area contributed by atoms with Crippen LogP contribution in [0.3, 0.4) is 0 Å². The van der Waals surface area contributed by atoms with Crippen LogP contribution in [0.4, 0.5) is 0 Å². The van der Waals surface area contributed by atoms with E-state index in [2.05, 4.69) is 166 Å². The van der Waals surface area contributed by atoms with Gasteiger partial charge in [-0.15, -0.1) is 0 Å². The molecule has 0 amide bonds. The third-order valence-electron chi connectivity index (χ3n) is 8.93. The van der Waals surface area contributed by atoms with Crippen molar-refractivity contribution < 1.29 is 4.74 Å². The van der Waals surface area contributed by atoms with Gasteiger partial charge in [0, 0.05) is 22.1 Å². The fourth-order valence-corrected chi connectivity index (χ4v) is 6.91. The summed E-state index contributed by atoms with van der Waals surface area (Å²) in [6.45, 7) is 4.83. The highest BCUT2D eigenvalue weighted by Gasteiger charge is 2.50. The summed E-state index contributed by atoms with van der Waals surface area (Å²) in [6.07, 6.45) is 24.1. The predicted octanol–water partition coefficient (Wildman–Crippen LogP) is 5.61. The Bertz CT molecular complexity index is 1610. The summed E-state index contributed by atoms with van der Waals surface area (Å²) >= 11 is 0. The minimum Gasteiger partial charge on any atom is -0.456 e. The summed E-state index contributed by atoms with van der Waals surface area (Å²) in [6, 6.07) is 15.0. The van der Waals surface area contributed by atoms with Crippen molar-refractivity contribution in [2.75, 3.05) is 0 Å². The highest BCUT2D eigenvalue weighted by molar-refractivity contribution is 6.92. The maximum Gasteiger partial charge on any atom is 0.381 e. The summed E-state index contributed by atoms with van der Waals surface area (Å²) in [5, 5.41) is 0. The van der Waals surface area contributed by atoms with Crippen LogP contribution in [0.25, 0.3) is 5.57 Å². The van der Waals surface area contributed by atoms with Crippen molar-refractivity contribution in [3.05, 3.63) is 150 Å². The first-order valence-corrected chi connectivity index (χ1v) is 14.1. The Balaban J connectivity index is 1.26. The van der Waals surface area contributed by atoms with Crippen LogP contribution in [0.5, 0.6) is 11.5 Å². The van der Waals surface area contributed by atoms with Gasteiger partial charge in [0.05, 0.1) is 0 Å². The molecule has 0 aromatic heterocycles. The number of hydrogen-bond acceptors (Lipinski definition) is 5. The smallest absolute Gasteiger partial charge is 0.381 e. The van der Waals surface area contributed by atoms with Gasteiger partial charge < -0.3 is 23.6 Å². The summed E-state index contributed by atoms with van der Waals surface area (Å²) in [5.41, 5.74) is 4.59. The third kappa shape index (κ3) is 3.40. The summed E-state index contributed by atoms with van der Waals surface area (Å²) in [7, 11) is 0. The van der Waals surface area contributed by atoms with E-state index < -0.39 is 0 Å². The van der Waals surface area contributed by atoms with Crippen LogP contribution in [0.2, 0.25) is 0 Å². The van der Waals surface area contributed by atoms with Crippen molar-refractivity contribution in [1.82, 2.24) is 18.9 Å². The zero-order valence-electron chi connectivity index (χ0n) is 22.7. The monoisotopic (exact) mass is 516 g/mol. The Labute approximate surface area is 237 Å². The number of ether oxygens (including phenoxy) is 1. The molecule has 1 saturated heterocycles. The maximum absolute atomic E-state index is 6.66. The minimum absolute atomic E-state index is 0.00477.